The van der Waals surface area contributed by atoms with Crippen LogP contribution in [0.4, 0.5) is 13.2 Å². The van der Waals surface area contributed by atoms with Gasteiger partial charge < -0.3 is 14.7 Å². The number of pyridine rings is 1. The molecule has 5 nitrogen and oxygen atoms in total. The molecule has 0 aliphatic carbocycles. The number of piperidine rings is 1. The van der Waals surface area contributed by atoms with Gasteiger partial charge in [0.1, 0.15) is 23.6 Å². The Morgan fingerprint density at radius 3 is 2.62 bits per heavy atom. The molecule has 1 aliphatic heterocycles. The molecule has 210 valence electrons. The predicted molar refractivity (Wildman–Crippen MR) is 148 cm³/mol. The van der Waals surface area contributed by atoms with Gasteiger partial charge in [-0.2, -0.15) is 0 Å². The number of methoxy groups -OCH3 is 1. The van der Waals surface area contributed by atoms with Crippen LogP contribution in [-0.4, -0.2) is 53.5 Å². The summed E-state index contributed by atoms with van der Waals surface area (Å²) < 4.78 is 48.7. The van der Waals surface area contributed by atoms with Crippen LogP contribution in [0.5, 0.6) is 5.75 Å². The molecule has 1 N–H and O–H groups in total. The summed E-state index contributed by atoms with van der Waals surface area (Å²) in [4.78, 5) is 18.3. The van der Waals surface area contributed by atoms with E-state index in [0.717, 1.165) is 24.7 Å². The summed E-state index contributed by atoms with van der Waals surface area (Å²) in [5.41, 5.74) is 0.458. The van der Waals surface area contributed by atoms with Crippen molar-refractivity contribution in [3.05, 3.63) is 64.8 Å². The molecule has 10 heteroatoms. The summed E-state index contributed by atoms with van der Waals surface area (Å²) in [6, 6.07) is 9.09. The Balaban J connectivity index is 1.35. The lowest BCUT2D eigenvalue weighted by Gasteiger charge is -2.41. The number of carboxylic acids is 1. The lowest BCUT2D eigenvalue weighted by Crippen LogP contribution is -2.41. The smallest absolute Gasteiger partial charge is 0.303 e. The topological polar surface area (TPSA) is 62.7 Å². The Hall–Kier alpha value is -2.49. The van der Waals surface area contributed by atoms with Gasteiger partial charge in [-0.3, -0.25) is 9.78 Å². The number of thioether (sulfide) groups is 1. The van der Waals surface area contributed by atoms with Crippen LogP contribution >= 0.6 is 23.4 Å². The van der Waals surface area contributed by atoms with E-state index in [4.69, 9.17) is 16.3 Å². The van der Waals surface area contributed by atoms with Crippen molar-refractivity contribution in [2.75, 3.05) is 32.5 Å². The van der Waals surface area contributed by atoms with Gasteiger partial charge in [-0.15, -0.1) is 11.8 Å². The minimum atomic E-state index is -1.38. The lowest BCUT2D eigenvalue weighted by molar-refractivity contribution is -0.141. The highest BCUT2D eigenvalue weighted by atomic mass is 35.5. The summed E-state index contributed by atoms with van der Waals surface area (Å²) in [7, 11) is 1.54. The van der Waals surface area contributed by atoms with Gasteiger partial charge in [0.05, 0.1) is 29.0 Å². The molecule has 2 heterocycles. The van der Waals surface area contributed by atoms with Crippen molar-refractivity contribution in [3.8, 4) is 5.75 Å². The van der Waals surface area contributed by atoms with Crippen LogP contribution in [0, 0.1) is 17.0 Å². The number of aromatic nitrogens is 1. The Labute approximate surface area is 235 Å². The van der Waals surface area contributed by atoms with Crippen molar-refractivity contribution in [2.45, 2.75) is 49.6 Å². The summed E-state index contributed by atoms with van der Waals surface area (Å²) in [6.45, 7) is 2.14. The van der Waals surface area contributed by atoms with Crippen molar-refractivity contribution in [1.29, 1.82) is 0 Å². The van der Waals surface area contributed by atoms with E-state index in [9.17, 15) is 18.7 Å². The molecule has 1 aromatic heterocycles. The van der Waals surface area contributed by atoms with Gasteiger partial charge in [-0.1, -0.05) is 17.7 Å². The zero-order chi connectivity index (χ0) is 28.0. The van der Waals surface area contributed by atoms with Gasteiger partial charge in [0, 0.05) is 17.1 Å². The third kappa shape index (κ3) is 7.38. The number of nitrogens with zero attached hydrogens (tertiary/aromatic N) is 2. The number of hydrogen-bond acceptors (Lipinski definition) is 5. The molecular formula is C29H32ClF3N2O3S. The number of benzene rings is 2. The maximum Gasteiger partial charge on any atom is 0.303 e. The van der Waals surface area contributed by atoms with Crippen LogP contribution in [0.3, 0.4) is 0 Å². The lowest BCUT2D eigenvalue weighted by atomic mass is 9.71. The maximum atomic E-state index is 15.7. The van der Waals surface area contributed by atoms with Crippen molar-refractivity contribution < 1.29 is 27.8 Å². The molecule has 1 saturated heterocycles. The second kappa shape index (κ2) is 13.2. The SMILES string of the molecule is COc1ccc2ncc(Cl)c(C(F)CCC3(CC(=O)O)CCN(CCCSc4c(F)cccc4F)CC3)c2c1. The molecule has 0 spiro atoms. The molecule has 1 atom stereocenters. The van der Waals surface area contributed by atoms with E-state index in [1.165, 1.54) is 31.5 Å². The monoisotopic (exact) mass is 580 g/mol. The number of fused-ring (bicyclic) bond motifs is 1. The van der Waals surface area contributed by atoms with Crippen molar-refractivity contribution in [1.82, 2.24) is 9.88 Å². The van der Waals surface area contributed by atoms with Gasteiger partial charge in [-0.05, 0) is 93.2 Å². The predicted octanol–water partition coefficient (Wildman–Crippen LogP) is 7.71. The normalized spacial score (nSPS) is 16.3. The summed E-state index contributed by atoms with van der Waals surface area (Å²) >= 11 is 7.55. The molecule has 1 unspecified atom stereocenters. The first kappa shape index (κ1) is 29.5. The highest BCUT2D eigenvalue weighted by Gasteiger charge is 2.37. The summed E-state index contributed by atoms with van der Waals surface area (Å²) in [5, 5.41) is 10.5. The highest BCUT2D eigenvalue weighted by Crippen LogP contribution is 2.44. The van der Waals surface area contributed by atoms with Crippen molar-refractivity contribution in [3.63, 3.8) is 0 Å². The maximum absolute atomic E-state index is 15.7. The van der Waals surface area contributed by atoms with Gasteiger partial charge in [-0.25, -0.2) is 13.2 Å². The Kier molecular flexibility index (Phi) is 10.0. The molecule has 0 saturated carbocycles. The second-order valence-corrected chi connectivity index (χ2v) is 11.6. The zero-order valence-corrected chi connectivity index (χ0v) is 23.3. The van der Waals surface area contributed by atoms with Gasteiger partial charge >= 0.3 is 5.97 Å². The number of halogens is 4. The van der Waals surface area contributed by atoms with E-state index >= 15 is 4.39 Å². The van der Waals surface area contributed by atoms with E-state index in [0.29, 0.717) is 60.3 Å². The number of ether oxygens (including phenoxy) is 1. The molecule has 3 aromatic rings. The summed E-state index contributed by atoms with van der Waals surface area (Å²) in [6.07, 6.45) is 2.63. The van der Waals surface area contributed by atoms with Crippen LogP contribution in [-0.2, 0) is 4.79 Å². The molecule has 0 radical (unpaired) electrons. The van der Waals surface area contributed by atoms with E-state index in [1.54, 1.807) is 18.2 Å². The largest absolute Gasteiger partial charge is 0.497 e. The number of carbonyl (C=O) groups is 1. The first-order valence-electron chi connectivity index (χ1n) is 13.0. The van der Waals surface area contributed by atoms with Crippen LogP contribution < -0.4 is 4.74 Å². The number of carboxylic acid groups (broad SMARTS) is 1. The fourth-order valence-corrected chi connectivity index (χ4v) is 6.52. The molecule has 1 aliphatic rings. The molecular weight excluding hydrogens is 549 g/mol. The number of alkyl halides is 1. The Morgan fingerprint density at radius 2 is 1.95 bits per heavy atom. The van der Waals surface area contributed by atoms with Crippen LogP contribution in [0.1, 0.15) is 50.3 Å². The first-order valence-corrected chi connectivity index (χ1v) is 14.3. The summed E-state index contributed by atoms with van der Waals surface area (Å²) in [5.74, 6) is -0.846. The van der Waals surface area contributed by atoms with E-state index in [1.807, 2.05) is 0 Å². The quantitative estimate of drug-likeness (QED) is 0.175. The van der Waals surface area contributed by atoms with E-state index in [-0.39, 0.29) is 22.8 Å². The Morgan fingerprint density at radius 1 is 1.23 bits per heavy atom. The average molecular weight is 581 g/mol. The molecule has 39 heavy (non-hydrogen) atoms. The molecule has 2 aromatic carbocycles. The molecule has 0 bridgehead atoms. The molecule has 0 amide bonds. The number of aliphatic carboxylic acids is 1. The standard InChI is InChI=1S/C29H32ClF3N2O3S/c1-38-19-6-7-25-20(16-19)27(21(30)18-34-25)22(31)8-9-29(17-26(36)37)10-13-35(14-11-29)12-3-15-39-28-23(32)4-2-5-24(28)33/h2,4-7,16,18,22H,3,8-15,17H2,1H3,(H,36,37). The first-order chi connectivity index (χ1) is 18.7. The number of hydrogen-bond donors (Lipinski definition) is 1. The minimum absolute atomic E-state index is 0.0192. The zero-order valence-electron chi connectivity index (χ0n) is 21.8. The highest BCUT2D eigenvalue weighted by molar-refractivity contribution is 7.99. The van der Waals surface area contributed by atoms with Crippen LogP contribution in [0.2, 0.25) is 5.02 Å². The molecule has 4 rings (SSSR count). The fourth-order valence-electron chi connectivity index (χ4n) is 5.36. The third-order valence-corrected chi connectivity index (χ3v) is 9.01. The van der Waals surface area contributed by atoms with Crippen LogP contribution in [0.25, 0.3) is 10.9 Å². The fraction of sp³-hybridized carbons (Fsp3) is 0.448. The molecule has 1 fully saturated rings. The van der Waals surface area contributed by atoms with Gasteiger partial charge in [0.25, 0.3) is 0 Å². The van der Waals surface area contributed by atoms with Gasteiger partial charge in [0.15, 0.2) is 0 Å². The number of likely N-dealkylation sites (tertiary alicyclic amines) is 1. The number of rotatable bonds is 12. The third-order valence-electron chi connectivity index (χ3n) is 7.54. The van der Waals surface area contributed by atoms with E-state index < -0.39 is 29.2 Å². The van der Waals surface area contributed by atoms with Crippen LogP contribution in [0.15, 0.2) is 47.5 Å². The van der Waals surface area contributed by atoms with Crippen molar-refractivity contribution in [2.24, 2.45) is 5.41 Å². The van der Waals surface area contributed by atoms with Crippen molar-refractivity contribution >= 4 is 40.2 Å². The van der Waals surface area contributed by atoms with E-state index in [2.05, 4.69) is 9.88 Å². The average Bonchev–Trinajstić information content (AvgIpc) is 2.91. The van der Waals surface area contributed by atoms with Gasteiger partial charge in [0.2, 0.25) is 0 Å². The Bertz CT molecular complexity index is 1280. The minimum Gasteiger partial charge on any atom is -0.497 e. The second-order valence-electron chi connectivity index (χ2n) is 10.1.